The molecule has 0 saturated heterocycles. The Morgan fingerprint density at radius 1 is 0.514 bits per heavy atom. The molecule has 3 unspecified atom stereocenters. The van der Waals surface area contributed by atoms with Crippen molar-refractivity contribution >= 4 is 35.3 Å². The molecule has 0 saturated carbocycles. The van der Waals surface area contributed by atoms with Crippen molar-refractivity contribution in [1.29, 1.82) is 0 Å². The first-order chi connectivity index (χ1) is 16.9. The molecule has 0 aliphatic heterocycles. The van der Waals surface area contributed by atoms with Crippen molar-refractivity contribution in [3.05, 3.63) is 20.8 Å². The zero-order valence-electron chi connectivity index (χ0n) is 22.5. The molecular formula is C27H45FeO9. The normalized spacial score (nSPS) is 12.2. The maximum atomic E-state index is 11.1. The number of carboxylic acid groups (broad SMARTS) is 3. The standard InChI is InChI=1S/3C9H15O3.Fe/c3*1-3-5-6-7(9(11)12)8(10)4-2;/h3*7H,1,3-6H2,2H3,(H,11,12);/q3*-1;+3. The summed E-state index contributed by atoms with van der Waals surface area (Å²) < 4.78 is 0. The fourth-order valence-electron chi connectivity index (χ4n) is 3.05. The fourth-order valence-corrected chi connectivity index (χ4v) is 3.05. The average molecular weight is 569 g/mol. The summed E-state index contributed by atoms with van der Waals surface area (Å²) in [4.78, 5) is 64.9. The third kappa shape index (κ3) is 21.7. The molecule has 0 aromatic heterocycles. The Labute approximate surface area is 232 Å². The van der Waals surface area contributed by atoms with Crippen molar-refractivity contribution in [2.45, 2.75) is 97.8 Å². The minimum absolute atomic E-state index is 0. The molecule has 0 bridgehead atoms. The number of unbranched alkanes of at least 4 members (excludes halogenated alkanes) is 3. The summed E-state index contributed by atoms with van der Waals surface area (Å²) >= 11 is 0. The molecule has 3 N–H and O–H groups in total. The molecule has 0 aliphatic carbocycles. The van der Waals surface area contributed by atoms with Crippen molar-refractivity contribution in [1.82, 2.24) is 0 Å². The number of hydrogen-bond donors (Lipinski definition) is 3. The van der Waals surface area contributed by atoms with Crippen molar-refractivity contribution in [3.8, 4) is 0 Å². The SMILES string of the molecule is [CH2-]CCCC(C(=O)O)C(=O)CC.[CH2-]CCCC(C(=O)O)C(=O)CC.[CH2-]CCCC(C(=O)O)C(=O)CC.[Fe+3]. The topological polar surface area (TPSA) is 163 Å². The molecule has 0 amide bonds. The number of ketones is 3. The zero-order valence-corrected chi connectivity index (χ0v) is 23.6. The molecule has 1 radical (unpaired) electrons. The van der Waals surface area contributed by atoms with Crippen LogP contribution in [0.25, 0.3) is 0 Å². The van der Waals surface area contributed by atoms with Crippen LogP contribution in [-0.2, 0) is 45.8 Å². The zero-order chi connectivity index (χ0) is 28.7. The Bertz CT molecular complexity index is 586. The van der Waals surface area contributed by atoms with Crippen LogP contribution >= 0.6 is 0 Å². The van der Waals surface area contributed by atoms with E-state index in [0.29, 0.717) is 77.0 Å². The first-order valence-electron chi connectivity index (χ1n) is 12.5. The first-order valence-corrected chi connectivity index (χ1v) is 12.5. The van der Waals surface area contributed by atoms with Gasteiger partial charge in [0.2, 0.25) is 0 Å². The quantitative estimate of drug-likeness (QED) is 0.117. The van der Waals surface area contributed by atoms with Crippen LogP contribution in [-0.4, -0.2) is 50.6 Å². The van der Waals surface area contributed by atoms with Gasteiger partial charge < -0.3 is 36.1 Å². The van der Waals surface area contributed by atoms with Gasteiger partial charge >= 0.3 is 35.0 Å². The molecule has 0 aromatic carbocycles. The Kier molecular flexibility index (Phi) is 30.7. The summed E-state index contributed by atoms with van der Waals surface area (Å²) in [5, 5.41) is 26.0. The summed E-state index contributed by atoms with van der Waals surface area (Å²) in [5.74, 6) is -5.99. The van der Waals surface area contributed by atoms with Gasteiger partial charge in [-0.25, -0.2) is 0 Å². The molecular weight excluding hydrogens is 524 g/mol. The second-order valence-electron chi connectivity index (χ2n) is 8.12. The van der Waals surface area contributed by atoms with Gasteiger partial charge in [0.1, 0.15) is 35.1 Å². The van der Waals surface area contributed by atoms with Crippen LogP contribution in [0.4, 0.5) is 0 Å². The van der Waals surface area contributed by atoms with E-state index in [1.807, 2.05) is 0 Å². The van der Waals surface area contributed by atoms with Crippen LogP contribution in [0, 0.1) is 38.5 Å². The number of rotatable bonds is 18. The van der Waals surface area contributed by atoms with Crippen molar-refractivity contribution in [2.75, 3.05) is 0 Å². The van der Waals surface area contributed by atoms with E-state index < -0.39 is 35.7 Å². The van der Waals surface area contributed by atoms with Crippen LogP contribution in [0.5, 0.6) is 0 Å². The van der Waals surface area contributed by atoms with Crippen LogP contribution in [0.1, 0.15) is 97.8 Å². The average Bonchev–Trinajstić information content (AvgIpc) is 2.84. The second kappa shape index (κ2) is 27.0. The molecule has 0 spiro atoms. The second-order valence-corrected chi connectivity index (χ2v) is 8.12. The van der Waals surface area contributed by atoms with Crippen molar-refractivity contribution in [2.24, 2.45) is 17.8 Å². The summed E-state index contributed by atoms with van der Waals surface area (Å²) in [7, 11) is 0. The molecule has 0 aromatic rings. The molecule has 9 nitrogen and oxygen atoms in total. The van der Waals surface area contributed by atoms with Gasteiger partial charge in [-0.15, -0.1) is 0 Å². The van der Waals surface area contributed by atoms with Crippen LogP contribution < -0.4 is 0 Å². The Morgan fingerprint density at radius 3 is 0.811 bits per heavy atom. The van der Waals surface area contributed by atoms with E-state index >= 15 is 0 Å². The third-order valence-corrected chi connectivity index (χ3v) is 5.33. The van der Waals surface area contributed by atoms with E-state index in [0.717, 1.165) is 0 Å². The van der Waals surface area contributed by atoms with Gasteiger partial charge in [0.15, 0.2) is 0 Å². The summed E-state index contributed by atoms with van der Waals surface area (Å²) in [5.41, 5.74) is 0. The van der Waals surface area contributed by atoms with Gasteiger partial charge in [-0.1, -0.05) is 40.0 Å². The van der Waals surface area contributed by atoms with Gasteiger partial charge in [0.25, 0.3) is 0 Å². The van der Waals surface area contributed by atoms with E-state index in [-0.39, 0.29) is 34.4 Å². The predicted molar refractivity (Wildman–Crippen MR) is 137 cm³/mol. The van der Waals surface area contributed by atoms with Gasteiger partial charge in [-0.05, 0) is 19.3 Å². The Hall–Kier alpha value is -2.06. The largest absolute Gasteiger partial charge is 3.00 e. The molecule has 0 heterocycles. The van der Waals surface area contributed by atoms with Crippen molar-refractivity contribution < 1.29 is 61.2 Å². The monoisotopic (exact) mass is 569 g/mol. The molecule has 0 aliphatic rings. The fraction of sp³-hybridized carbons (Fsp3) is 0.667. The maximum absolute atomic E-state index is 11.1. The number of carbonyl (C=O) groups is 6. The van der Waals surface area contributed by atoms with E-state index in [2.05, 4.69) is 20.8 Å². The number of carbonyl (C=O) groups excluding carboxylic acids is 3. The van der Waals surface area contributed by atoms with Crippen LogP contribution in [0.15, 0.2) is 0 Å². The molecule has 3 atom stereocenters. The summed E-state index contributed by atoms with van der Waals surface area (Å²) in [6.45, 7) is 15.8. The summed E-state index contributed by atoms with van der Waals surface area (Å²) in [6.07, 6.45) is 6.30. The number of carboxylic acids is 3. The van der Waals surface area contributed by atoms with Gasteiger partial charge in [-0.3, -0.25) is 28.8 Å². The minimum Gasteiger partial charge on any atom is -0.481 e. The predicted octanol–water partition coefficient (Wildman–Crippen LogP) is 5.01. The van der Waals surface area contributed by atoms with Crippen molar-refractivity contribution in [3.63, 3.8) is 0 Å². The molecule has 37 heavy (non-hydrogen) atoms. The molecule has 215 valence electrons. The maximum Gasteiger partial charge on any atom is 3.00 e. The van der Waals surface area contributed by atoms with Crippen LogP contribution in [0.2, 0.25) is 0 Å². The van der Waals surface area contributed by atoms with E-state index in [1.54, 1.807) is 20.8 Å². The molecule has 0 rings (SSSR count). The van der Waals surface area contributed by atoms with Gasteiger partial charge in [-0.2, -0.15) is 19.3 Å². The number of aliphatic carboxylic acids is 3. The van der Waals surface area contributed by atoms with E-state index in [4.69, 9.17) is 15.3 Å². The minimum atomic E-state index is -1.00. The van der Waals surface area contributed by atoms with Gasteiger partial charge in [0.05, 0.1) is 0 Å². The first kappa shape index (κ1) is 42.0. The Morgan fingerprint density at radius 2 is 0.703 bits per heavy atom. The number of hydrogen-bond acceptors (Lipinski definition) is 6. The third-order valence-electron chi connectivity index (χ3n) is 5.33. The molecule has 10 heteroatoms. The smallest absolute Gasteiger partial charge is 0.481 e. The van der Waals surface area contributed by atoms with E-state index in [1.165, 1.54) is 0 Å². The van der Waals surface area contributed by atoms with Gasteiger partial charge in [0, 0.05) is 19.3 Å². The number of Topliss-reactive ketones (excluding diaryl/α,β-unsaturated/α-hetero) is 3. The Balaban J connectivity index is -0.000000218. The molecule has 0 fully saturated rings. The summed E-state index contributed by atoms with van der Waals surface area (Å²) in [6, 6.07) is 0. The van der Waals surface area contributed by atoms with E-state index in [9.17, 15) is 28.8 Å². The van der Waals surface area contributed by atoms with Crippen LogP contribution in [0.3, 0.4) is 0 Å².